The van der Waals surface area contributed by atoms with Gasteiger partial charge in [-0.3, -0.25) is 9.78 Å². The van der Waals surface area contributed by atoms with Gasteiger partial charge in [-0.15, -0.1) is 0 Å². The van der Waals surface area contributed by atoms with E-state index in [9.17, 15) is 4.79 Å². The molecule has 0 aromatic carbocycles. The minimum Gasteiger partial charge on any atom is -0.452 e. The molecule has 4 nitrogen and oxygen atoms in total. The molecule has 0 spiro atoms. The van der Waals surface area contributed by atoms with Crippen LogP contribution in [0.1, 0.15) is 16.1 Å². The first kappa shape index (κ1) is 8.90. The van der Waals surface area contributed by atoms with E-state index < -0.39 is 0 Å². The van der Waals surface area contributed by atoms with Gasteiger partial charge in [0.2, 0.25) is 11.0 Å². The van der Waals surface area contributed by atoms with Crippen molar-refractivity contribution in [2.24, 2.45) is 0 Å². The predicted molar refractivity (Wildman–Crippen MR) is 49.2 cm³/mol. The Labute approximate surface area is 84.6 Å². The van der Waals surface area contributed by atoms with E-state index in [4.69, 9.17) is 16.0 Å². The van der Waals surface area contributed by atoms with Crippen LogP contribution >= 0.6 is 11.6 Å². The standard InChI is InChI=1S/C9H5ClN2O2/c10-9-6(1-4-14-9)8(13)7-5-11-2-3-12-7/h1-5H. The van der Waals surface area contributed by atoms with E-state index in [1.807, 2.05) is 0 Å². The molecule has 0 radical (unpaired) electrons. The molecule has 2 aromatic rings. The van der Waals surface area contributed by atoms with Crippen molar-refractivity contribution < 1.29 is 9.21 Å². The summed E-state index contributed by atoms with van der Waals surface area (Å²) in [4.78, 5) is 19.3. The number of furan rings is 1. The molecule has 0 amide bonds. The zero-order chi connectivity index (χ0) is 9.97. The predicted octanol–water partition coefficient (Wildman–Crippen LogP) is 1.95. The van der Waals surface area contributed by atoms with Crippen LogP contribution in [0, 0.1) is 0 Å². The normalized spacial score (nSPS) is 10.1. The summed E-state index contributed by atoms with van der Waals surface area (Å²) in [7, 11) is 0. The van der Waals surface area contributed by atoms with E-state index in [1.54, 1.807) is 0 Å². The molecule has 70 valence electrons. The highest BCUT2D eigenvalue weighted by atomic mass is 35.5. The Morgan fingerprint density at radius 3 is 2.86 bits per heavy atom. The first-order valence-corrected chi connectivity index (χ1v) is 4.20. The number of aromatic nitrogens is 2. The fourth-order valence-electron chi connectivity index (χ4n) is 1.01. The summed E-state index contributed by atoms with van der Waals surface area (Å²) >= 11 is 5.65. The van der Waals surface area contributed by atoms with Gasteiger partial charge in [0.05, 0.1) is 18.0 Å². The number of rotatable bonds is 2. The van der Waals surface area contributed by atoms with Gasteiger partial charge in [0.15, 0.2) is 0 Å². The van der Waals surface area contributed by atoms with Crippen molar-refractivity contribution in [2.45, 2.75) is 0 Å². The minimum atomic E-state index is -0.295. The van der Waals surface area contributed by atoms with Gasteiger partial charge in [0.1, 0.15) is 5.69 Å². The summed E-state index contributed by atoms with van der Waals surface area (Å²) < 4.78 is 4.80. The van der Waals surface area contributed by atoms with Gasteiger partial charge in [0, 0.05) is 12.4 Å². The molecular weight excluding hydrogens is 204 g/mol. The lowest BCUT2D eigenvalue weighted by Crippen LogP contribution is -2.03. The molecule has 0 N–H and O–H groups in total. The lowest BCUT2D eigenvalue weighted by molar-refractivity contribution is 0.103. The van der Waals surface area contributed by atoms with E-state index in [2.05, 4.69) is 9.97 Å². The second kappa shape index (κ2) is 3.59. The average Bonchev–Trinajstić information content (AvgIpc) is 2.65. The van der Waals surface area contributed by atoms with Crippen LogP contribution < -0.4 is 0 Å². The van der Waals surface area contributed by atoms with Crippen LogP contribution in [-0.2, 0) is 0 Å². The average molecular weight is 209 g/mol. The van der Waals surface area contributed by atoms with Crippen molar-refractivity contribution in [3.8, 4) is 0 Å². The lowest BCUT2D eigenvalue weighted by Gasteiger charge is -1.95. The van der Waals surface area contributed by atoms with Gasteiger partial charge in [-0.2, -0.15) is 0 Å². The molecule has 0 unspecified atom stereocenters. The third-order valence-electron chi connectivity index (χ3n) is 1.66. The van der Waals surface area contributed by atoms with Gasteiger partial charge < -0.3 is 4.42 Å². The van der Waals surface area contributed by atoms with Crippen molar-refractivity contribution in [1.29, 1.82) is 0 Å². The molecule has 0 saturated carbocycles. The number of carbonyl (C=O) groups excluding carboxylic acids is 1. The highest BCUT2D eigenvalue weighted by Gasteiger charge is 2.15. The summed E-state index contributed by atoms with van der Waals surface area (Å²) in [5, 5.41) is 0.0700. The summed E-state index contributed by atoms with van der Waals surface area (Å²) in [6.45, 7) is 0. The summed E-state index contributed by atoms with van der Waals surface area (Å²) in [5.74, 6) is -0.295. The van der Waals surface area contributed by atoms with Gasteiger partial charge in [0.25, 0.3) is 0 Å². The number of nitrogens with zero attached hydrogens (tertiary/aromatic N) is 2. The van der Waals surface area contributed by atoms with Crippen molar-refractivity contribution in [2.75, 3.05) is 0 Å². The quantitative estimate of drug-likeness (QED) is 0.708. The first-order valence-electron chi connectivity index (χ1n) is 3.83. The Kier molecular flexibility index (Phi) is 2.28. The van der Waals surface area contributed by atoms with Gasteiger partial charge in [-0.1, -0.05) is 0 Å². The molecule has 0 aliphatic rings. The van der Waals surface area contributed by atoms with Crippen LogP contribution in [0.3, 0.4) is 0 Å². The molecular formula is C9H5ClN2O2. The SMILES string of the molecule is O=C(c1cnccn1)c1ccoc1Cl. The van der Waals surface area contributed by atoms with Gasteiger partial charge in [-0.05, 0) is 17.7 Å². The molecule has 0 atom stereocenters. The first-order chi connectivity index (χ1) is 6.79. The molecule has 0 fully saturated rings. The van der Waals surface area contributed by atoms with E-state index in [1.165, 1.54) is 30.9 Å². The molecule has 0 aliphatic carbocycles. The molecule has 2 rings (SSSR count). The number of hydrogen-bond acceptors (Lipinski definition) is 4. The van der Waals surface area contributed by atoms with Crippen LogP contribution in [0.4, 0.5) is 0 Å². The highest BCUT2D eigenvalue weighted by Crippen LogP contribution is 2.19. The van der Waals surface area contributed by atoms with E-state index >= 15 is 0 Å². The maximum atomic E-state index is 11.7. The zero-order valence-electron chi connectivity index (χ0n) is 6.98. The fraction of sp³-hybridized carbons (Fsp3) is 0. The van der Waals surface area contributed by atoms with Crippen molar-refractivity contribution >= 4 is 17.4 Å². The van der Waals surface area contributed by atoms with Crippen LogP contribution in [0.15, 0.2) is 35.3 Å². The van der Waals surface area contributed by atoms with Crippen molar-refractivity contribution in [3.05, 3.63) is 47.4 Å². The van der Waals surface area contributed by atoms with Crippen molar-refractivity contribution in [3.63, 3.8) is 0 Å². The molecule has 0 aliphatic heterocycles. The van der Waals surface area contributed by atoms with Gasteiger partial charge in [-0.25, -0.2) is 4.98 Å². The van der Waals surface area contributed by atoms with E-state index in [0.29, 0.717) is 5.56 Å². The largest absolute Gasteiger partial charge is 0.452 e. The molecule has 2 aromatic heterocycles. The molecule has 5 heteroatoms. The third-order valence-corrected chi connectivity index (χ3v) is 1.95. The number of hydrogen-bond donors (Lipinski definition) is 0. The monoisotopic (exact) mass is 208 g/mol. The smallest absolute Gasteiger partial charge is 0.217 e. The Morgan fingerprint density at radius 1 is 1.43 bits per heavy atom. The van der Waals surface area contributed by atoms with Crippen LogP contribution in [0.5, 0.6) is 0 Å². The second-order valence-electron chi connectivity index (χ2n) is 2.53. The topological polar surface area (TPSA) is 56.0 Å². The third kappa shape index (κ3) is 1.52. The fourth-order valence-corrected chi connectivity index (χ4v) is 1.21. The Bertz CT molecular complexity index is 453. The lowest BCUT2D eigenvalue weighted by atomic mass is 10.2. The number of halogens is 1. The summed E-state index contributed by atoms with van der Waals surface area (Å²) in [6, 6.07) is 1.50. The summed E-state index contributed by atoms with van der Waals surface area (Å²) in [5.41, 5.74) is 0.544. The summed E-state index contributed by atoms with van der Waals surface area (Å²) in [6.07, 6.45) is 5.67. The second-order valence-corrected chi connectivity index (χ2v) is 2.87. The van der Waals surface area contributed by atoms with Crippen LogP contribution in [0.2, 0.25) is 5.22 Å². The maximum absolute atomic E-state index is 11.7. The molecule has 0 saturated heterocycles. The Balaban J connectivity index is 2.39. The number of carbonyl (C=O) groups is 1. The Morgan fingerprint density at radius 2 is 2.29 bits per heavy atom. The van der Waals surface area contributed by atoms with Crippen molar-refractivity contribution in [1.82, 2.24) is 9.97 Å². The molecule has 14 heavy (non-hydrogen) atoms. The molecule has 0 bridgehead atoms. The number of ketones is 1. The highest BCUT2D eigenvalue weighted by molar-refractivity contribution is 6.33. The van der Waals surface area contributed by atoms with Gasteiger partial charge >= 0.3 is 0 Å². The Hall–Kier alpha value is -1.68. The van der Waals surface area contributed by atoms with E-state index in [0.717, 1.165) is 0 Å². The minimum absolute atomic E-state index is 0.0700. The van der Waals surface area contributed by atoms with Crippen LogP contribution in [-0.4, -0.2) is 15.8 Å². The maximum Gasteiger partial charge on any atom is 0.217 e. The molecule has 2 heterocycles. The zero-order valence-corrected chi connectivity index (χ0v) is 7.73. The van der Waals surface area contributed by atoms with E-state index in [-0.39, 0.29) is 16.7 Å². The van der Waals surface area contributed by atoms with Crippen LogP contribution in [0.25, 0.3) is 0 Å².